The molecule has 3 heteroatoms. The number of nitrogens with zero attached hydrogens (tertiary/aromatic N) is 1. The summed E-state index contributed by atoms with van der Waals surface area (Å²) in [7, 11) is 0. The molecule has 0 saturated heterocycles. The monoisotopic (exact) mass is 163 g/mol. The van der Waals surface area contributed by atoms with Gasteiger partial charge in [-0.1, -0.05) is 12.2 Å². The van der Waals surface area contributed by atoms with E-state index >= 15 is 0 Å². The first kappa shape index (κ1) is 7.55. The first-order chi connectivity index (χ1) is 5.95. The molecule has 1 aliphatic rings. The minimum atomic E-state index is 0.633. The summed E-state index contributed by atoms with van der Waals surface area (Å²) in [5.41, 5.74) is 1.15. The number of hydrogen-bond donors (Lipinski definition) is 2. The van der Waals surface area contributed by atoms with E-state index in [2.05, 4.69) is 27.4 Å². The Kier molecular flexibility index (Phi) is 2.23. The Balaban J connectivity index is 1.75. The summed E-state index contributed by atoms with van der Waals surface area (Å²) in [6.07, 6.45) is 10.3. The van der Waals surface area contributed by atoms with Crippen molar-refractivity contribution < 1.29 is 0 Å². The molecule has 2 rings (SSSR count). The smallest absolute Gasteiger partial charge is 0.0922 e. The molecule has 2 N–H and O–H groups in total. The largest absolute Gasteiger partial charge is 0.347 e. The van der Waals surface area contributed by atoms with Crippen LogP contribution in [0.1, 0.15) is 18.5 Å². The fraction of sp³-hybridized carbons (Fsp3) is 0.444. The quantitative estimate of drug-likeness (QED) is 0.658. The van der Waals surface area contributed by atoms with Gasteiger partial charge in [-0.3, -0.25) is 0 Å². The highest BCUT2D eigenvalue weighted by Crippen LogP contribution is 2.09. The Labute approximate surface area is 71.9 Å². The molecule has 0 fully saturated rings. The maximum Gasteiger partial charge on any atom is 0.0922 e. The lowest BCUT2D eigenvalue weighted by atomic mass is 10.2. The summed E-state index contributed by atoms with van der Waals surface area (Å²) in [5.74, 6) is 0. The van der Waals surface area contributed by atoms with Gasteiger partial charge in [0.15, 0.2) is 0 Å². The zero-order valence-corrected chi connectivity index (χ0v) is 6.96. The molecular weight excluding hydrogens is 150 g/mol. The summed E-state index contributed by atoms with van der Waals surface area (Å²) in [6, 6.07) is 0.633. The predicted molar refractivity (Wildman–Crippen MR) is 47.6 cm³/mol. The highest BCUT2D eigenvalue weighted by molar-refractivity contribution is 5.00. The van der Waals surface area contributed by atoms with E-state index in [1.807, 2.05) is 6.20 Å². The minimum absolute atomic E-state index is 0.633. The SMILES string of the molecule is C1=CCC(NCc2cnc[nH]2)C1. The molecule has 0 saturated carbocycles. The van der Waals surface area contributed by atoms with Crippen molar-refractivity contribution in [1.29, 1.82) is 0 Å². The molecule has 0 aromatic carbocycles. The van der Waals surface area contributed by atoms with Gasteiger partial charge in [-0.05, 0) is 12.8 Å². The Morgan fingerprint density at radius 2 is 2.33 bits per heavy atom. The van der Waals surface area contributed by atoms with Crippen LogP contribution < -0.4 is 5.32 Å². The molecule has 1 heterocycles. The molecule has 1 aromatic rings. The van der Waals surface area contributed by atoms with Gasteiger partial charge in [0, 0.05) is 24.5 Å². The molecular formula is C9H13N3. The summed E-state index contributed by atoms with van der Waals surface area (Å²) in [4.78, 5) is 7.02. The second-order valence-corrected chi connectivity index (χ2v) is 3.10. The first-order valence-electron chi connectivity index (χ1n) is 4.31. The van der Waals surface area contributed by atoms with E-state index in [0.717, 1.165) is 25.1 Å². The molecule has 12 heavy (non-hydrogen) atoms. The Morgan fingerprint density at radius 1 is 1.50 bits per heavy atom. The van der Waals surface area contributed by atoms with Crippen LogP contribution in [0.5, 0.6) is 0 Å². The highest BCUT2D eigenvalue weighted by atomic mass is 15.0. The lowest BCUT2D eigenvalue weighted by Crippen LogP contribution is -2.25. The molecule has 1 aliphatic carbocycles. The fourth-order valence-electron chi connectivity index (χ4n) is 1.42. The molecule has 0 unspecified atom stereocenters. The van der Waals surface area contributed by atoms with Crippen molar-refractivity contribution in [2.75, 3.05) is 0 Å². The first-order valence-corrected chi connectivity index (χ1v) is 4.31. The van der Waals surface area contributed by atoms with Crippen LogP contribution in [0.2, 0.25) is 0 Å². The Bertz CT molecular complexity index is 243. The highest BCUT2D eigenvalue weighted by Gasteiger charge is 2.08. The maximum atomic E-state index is 3.96. The van der Waals surface area contributed by atoms with E-state index < -0.39 is 0 Å². The fourth-order valence-corrected chi connectivity index (χ4v) is 1.42. The van der Waals surface area contributed by atoms with Crippen molar-refractivity contribution in [3.63, 3.8) is 0 Å². The third-order valence-corrected chi connectivity index (χ3v) is 2.14. The molecule has 0 bridgehead atoms. The Morgan fingerprint density at radius 3 is 3.00 bits per heavy atom. The van der Waals surface area contributed by atoms with Crippen molar-refractivity contribution in [2.24, 2.45) is 0 Å². The number of aromatic amines is 1. The van der Waals surface area contributed by atoms with Gasteiger partial charge < -0.3 is 10.3 Å². The molecule has 0 amide bonds. The van der Waals surface area contributed by atoms with E-state index in [9.17, 15) is 0 Å². The van der Waals surface area contributed by atoms with Crippen molar-refractivity contribution >= 4 is 0 Å². The number of rotatable bonds is 3. The van der Waals surface area contributed by atoms with Crippen molar-refractivity contribution in [1.82, 2.24) is 15.3 Å². The van der Waals surface area contributed by atoms with Crippen molar-refractivity contribution in [3.8, 4) is 0 Å². The third kappa shape index (κ3) is 1.74. The summed E-state index contributed by atoms with van der Waals surface area (Å²) in [5, 5.41) is 3.45. The molecule has 0 atom stereocenters. The Hall–Kier alpha value is -1.09. The van der Waals surface area contributed by atoms with Crippen LogP contribution in [0.3, 0.4) is 0 Å². The summed E-state index contributed by atoms with van der Waals surface area (Å²) >= 11 is 0. The molecule has 0 aliphatic heterocycles. The van der Waals surface area contributed by atoms with Gasteiger partial charge >= 0.3 is 0 Å². The van der Waals surface area contributed by atoms with E-state index in [0.29, 0.717) is 6.04 Å². The lowest BCUT2D eigenvalue weighted by Gasteiger charge is -2.09. The number of aromatic nitrogens is 2. The van der Waals surface area contributed by atoms with Gasteiger partial charge in [-0.25, -0.2) is 4.98 Å². The zero-order valence-electron chi connectivity index (χ0n) is 6.96. The second kappa shape index (κ2) is 3.54. The molecule has 64 valence electrons. The van der Waals surface area contributed by atoms with Gasteiger partial charge in [0.05, 0.1) is 6.33 Å². The van der Waals surface area contributed by atoms with Crippen LogP contribution in [0, 0.1) is 0 Å². The standard InChI is InChI=1S/C9H13N3/c1-2-4-8(3-1)11-6-9-5-10-7-12-9/h1-2,5,7-8,11H,3-4,6H2,(H,10,12). The normalized spacial score (nSPS) is 17.3. The van der Waals surface area contributed by atoms with E-state index in [1.165, 1.54) is 0 Å². The van der Waals surface area contributed by atoms with Crippen LogP contribution in [0.25, 0.3) is 0 Å². The van der Waals surface area contributed by atoms with E-state index in [-0.39, 0.29) is 0 Å². The van der Waals surface area contributed by atoms with Crippen LogP contribution in [0.15, 0.2) is 24.7 Å². The maximum absolute atomic E-state index is 3.96. The number of H-pyrrole nitrogens is 1. The summed E-state index contributed by atoms with van der Waals surface area (Å²) in [6.45, 7) is 0.895. The molecule has 1 aromatic heterocycles. The van der Waals surface area contributed by atoms with Crippen LogP contribution in [-0.2, 0) is 6.54 Å². The topological polar surface area (TPSA) is 40.7 Å². The van der Waals surface area contributed by atoms with Crippen LogP contribution in [-0.4, -0.2) is 16.0 Å². The summed E-state index contributed by atoms with van der Waals surface area (Å²) < 4.78 is 0. The van der Waals surface area contributed by atoms with E-state index in [4.69, 9.17) is 0 Å². The van der Waals surface area contributed by atoms with Crippen LogP contribution >= 0.6 is 0 Å². The predicted octanol–water partition coefficient (Wildman–Crippen LogP) is 1.22. The third-order valence-electron chi connectivity index (χ3n) is 2.14. The van der Waals surface area contributed by atoms with Crippen LogP contribution in [0.4, 0.5) is 0 Å². The van der Waals surface area contributed by atoms with Gasteiger partial charge in [0.2, 0.25) is 0 Å². The number of nitrogens with one attached hydrogen (secondary N) is 2. The van der Waals surface area contributed by atoms with Crippen molar-refractivity contribution in [3.05, 3.63) is 30.4 Å². The number of hydrogen-bond acceptors (Lipinski definition) is 2. The lowest BCUT2D eigenvalue weighted by molar-refractivity contribution is 0.534. The minimum Gasteiger partial charge on any atom is -0.347 e. The average molecular weight is 163 g/mol. The molecule has 3 nitrogen and oxygen atoms in total. The zero-order chi connectivity index (χ0) is 8.23. The van der Waals surface area contributed by atoms with Gasteiger partial charge in [0.25, 0.3) is 0 Å². The van der Waals surface area contributed by atoms with Gasteiger partial charge in [-0.15, -0.1) is 0 Å². The molecule has 0 spiro atoms. The van der Waals surface area contributed by atoms with Gasteiger partial charge in [0.1, 0.15) is 0 Å². The van der Waals surface area contributed by atoms with E-state index in [1.54, 1.807) is 6.33 Å². The number of imidazole rings is 1. The average Bonchev–Trinajstić information content (AvgIpc) is 2.74. The molecule has 0 radical (unpaired) electrons. The van der Waals surface area contributed by atoms with Crippen molar-refractivity contribution in [2.45, 2.75) is 25.4 Å². The second-order valence-electron chi connectivity index (χ2n) is 3.10. The van der Waals surface area contributed by atoms with Gasteiger partial charge in [-0.2, -0.15) is 0 Å².